The van der Waals surface area contributed by atoms with Crippen molar-refractivity contribution in [3.8, 4) is 0 Å². The van der Waals surface area contributed by atoms with E-state index in [0.29, 0.717) is 0 Å². The summed E-state index contributed by atoms with van der Waals surface area (Å²) in [5.41, 5.74) is 9.66. The highest BCUT2D eigenvalue weighted by molar-refractivity contribution is 15.0. The van der Waals surface area contributed by atoms with E-state index in [1.807, 2.05) is 132 Å². The average molecular weight is 1000 g/mol. The Hall–Kier alpha value is -4.40. The summed E-state index contributed by atoms with van der Waals surface area (Å²) in [5, 5.41) is 16.7. The van der Waals surface area contributed by atoms with Crippen LogP contribution in [0.3, 0.4) is 0 Å². The number of ether oxygens (including phenoxy) is 1. The van der Waals surface area contributed by atoms with E-state index in [9.17, 15) is 19.2 Å². The molecule has 0 aliphatic heterocycles. The highest BCUT2D eigenvalue weighted by Gasteiger charge is 2.13. The van der Waals surface area contributed by atoms with Crippen LogP contribution < -0.4 is 5.48 Å². The number of halogens is 2. The molecule has 0 atom stereocenters. The normalized spacial score (nSPS) is 10.2. The molecule has 10 heteroatoms. The predicted octanol–water partition coefficient (Wildman–Crippen LogP) is 12.2. The van der Waals surface area contributed by atoms with Crippen LogP contribution in [0.25, 0.3) is 18.2 Å². The van der Waals surface area contributed by atoms with Gasteiger partial charge >= 0.3 is 11.9 Å². The van der Waals surface area contributed by atoms with Crippen molar-refractivity contribution in [1.29, 1.82) is 0 Å². The number of aryl methyl sites for hydroxylation is 4. The fourth-order valence-electron chi connectivity index (χ4n) is 4.88. The number of hydroxylamine groups is 1. The van der Waals surface area contributed by atoms with Gasteiger partial charge in [-0.15, -0.1) is 0 Å². The quantitative estimate of drug-likeness (QED) is 0.0341. The van der Waals surface area contributed by atoms with Crippen molar-refractivity contribution >= 4 is 79.6 Å². The maximum atomic E-state index is 11.5. The first kappa shape index (κ1) is 54.7. The summed E-state index contributed by atoms with van der Waals surface area (Å²) >= 11 is 4.24. The number of carboxylic acid groups (broad SMARTS) is 1. The van der Waals surface area contributed by atoms with Gasteiger partial charge in [-0.1, -0.05) is 132 Å². The Balaban J connectivity index is 0. The van der Waals surface area contributed by atoms with Crippen LogP contribution in [0.5, 0.6) is 0 Å². The summed E-state index contributed by atoms with van der Waals surface area (Å²) in [6.07, 6.45) is 13.7. The molecule has 0 radical (unpaired) electrons. The van der Waals surface area contributed by atoms with Crippen molar-refractivity contribution in [3.05, 3.63) is 160 Å². The molecule has 0 bridgehead atoms. The predicted molar refractivity (Wildman–Crippen MR) is 254 cm³/mol. The molecule has 0 saturated heterocycles. The molecule has 57 heavy (non-hydrogen) atoms. The Morgan fingerprint density at radius 2 is 0.912 bits per heavy atom. The topological polar surface area (TPSA) is 130 Å². The first-order chi connectivity index (χ1) is 26.8. The third kappa shape index (κ3) is 24.8. The van der Waals surface area contributed by atoms with Crippen LogP contribution >= 0.6 is 37.2 Å². The second-order valence-corrected chi connectivity index (χ2v) is 12.7. The van der Waals surface area contributed by atoms with Crippen molar-refractivity contribution < 1.29 is 34.2 Å². The van der Waals surface area contributed by atoms with Gasteiger partial charge in [0.25, 0.3) is 5.91 Å². The van der Waals surface area contributed by atoms with Gasteiger partial charge in [-0.3, -0.25) is 14.8 Å². The van der Waals surface area contributed by atoms with Gasteiger partial charge in [0.2, 0.25) is 0 Å². The van der Waals surface area contributed by atoms with Gasteiger partial charge in [0, 0.05) is 61.0 Å². The number of aliphatic carboxylic acids is 1. The van der Waals surface area contributed by atoms with Gasteiger partial charge in [-0.2, -0.15) is 0 Å². The molecule has 4 aromatic rings. The molecule has 0 aromatic heterocycles. The Bertz CT molecular complexity index is 1860. The number of amides is 1. The maximum Gasteiger partial charge on any atom is 0.331 e. The van der Waals surface area contributed by atoms with E-state index in [0.717, 1.165) is 65.9 Å². The Morgan fingerprint density at radius 1 is 0.596 bits per heavy atom. The Morgan fingerprint density at radius 3 is 1.21 bits per heavy atom. The number of nitrogens with one attached hydrogen (secondary N) is 1. The molecule has 4 rings (SSSR count). The first-order valence-electron chi connectivity index (χ1n) is 18.2. The molecule has 0 fully saturated rings. The SMILES string of the molecule is C.CCc1ccccc1/C=C/C(=O)NO.CCc1ccccc1/C=C/C(=O)O.CCc1ccccc1/C=C/C(=O)OC(C)(C)C.CCc1ccccc1C=O.II. The van der Waals surface area contributed by atoms with Crippen LogP contribution in [0, 0.1) is 0 Å². The van der Waals surface area contributed by atoms with E-state index in [1.165, 1.54) is 28.8 Å². The molecule has 8 nitrogen and oxygen atoms in total. The number of benzene rings is 4. The number of carbonyl (C=O) groups excluding carboxylic acids is 3. The van der Waals surface area contributed by atoms with Crippen molar-refractivity contribution in [3.63, 3.8) is 0 Å². The van der Waals surface area contributed by atoms with E-state index in [4.69, 9.17) is 15.1 Å². The van der Waals surface area contributed by atoms with Gasteiger partial charge in [-0.25, -0.2) is 15.1 Å². The monoisotopic (exact) mass is 1000 g/mol. The van der Waals surface area contributed by atoms with Crippen LogP contribution in [-0.4, -0.2) is 40.0 Å². The standard InChI is InChI=1S/C15H20O2.C11H13NO2.C11H12O2.C9H10O.CH4.I2/c1-5-12-8-6-7-9-13(12)10-11-14(16)17-15(2,3)4;1-2-9-5-3-4-6-10(9)7-8-11(13)12-14;1-2-9-5-3-4-6-10(9)7-8-11(12)13;1-2-8-5-3-4-6-9(8)7-10;;1-2/h6-11H,5H2,1-4H3;3-8,14H,2H2,1H3,(H,12,13);3-8H,2H2,1H3,(H,12,13);3-7H,2H2,1H3;1H4;/b11-10+;2*8-7+;;;. The second kappa shape index (κ2) is 32.7. The lowest BCUT2D eigenvalue weighted by Gasteiger charge is -2.17. The summed E-state index contributed by atoms with van der Waals surface area (Å²) in [4.78, 5) is 42.9. The minimum absolute atomic E-state index is 0. The molecule has 0 spiro atoms. The number of carbonyl (C=O) groups is 4. The molecule has 0 saturated carbocycles. The third-order valence-corrected chi connectivity index (χ3v) is 7.61. The number of carboxylic acids is 1. The zero-order valence-corrected chi connectivity index (χ0v) is 37.6. The Labute approximate surface area is 363 Å². The largest absolute Gasteiger partial charge is 0.478 e. The fraction of sp³-hybridized carbons (Fsp3) is 0.277. The minimum Gasteiger partial charge on any atom is -0.478 e. The summed E-state index contributed by atoms with van der Waals surface area (Å²) < 4.78 is 5.21. The summed E-state index contributed by atoms with van der Waals surface area (Å²) in [5.74, 6) is -1.73. The van der Waals surface area contributed by atoms with Crippen molar-refractivity contribution in [2.45, 2.75) is 87.2 Å². The lowest BCUT2D eigenvalue weighted by Crippen LogP contribution is -2.22. The number of esters is 1. The lowest BCUT2D eigenvalue weighted by molar-refractivity contribution is -0.148. The number of aldehydes is 1. The zero-order valence-electron chi connectivity index (χ0n) is 33.3. The van der Waals surface area contributed by atoms with E-state index in [2.05, 4.69) is 57.1 Å². The molecule has 1 amide bonds. The van der Waals surface area contributed by atoms with E-state index >= 15 is 0 Å². The molecule has 4 aromatic carbocycles. The molecule has 0 unspecified atom stereocenters. The minimum atomic E-state index is -0.911. The van der Waals surface area contributed by atoms with Crippen molar-refractivity contribution in [2.75, 3.05) is 0 Å². The van der Waals surface area contributed by atoms with Gasteiger partial charge in [0.15, 0.2) is 0 Å². The maximum absolute atomic E-state index is 11.5. The third-order valence-electron chi connectivity index (χ3n) is 7.61. The molecule has 0 aliphatic carbocycles. The molecular formula is C47H59I2NO7. The second-order valence-electron chi connectivity index (χ2n) is 12.7. The van der Waals surface area contributed by atoms with Crippen LogP contribution in [0.1, 0.15) is 105 Å². The van der Waals surface area contributed by atoms with Crippen LogP contribution in [0.2, 0.25) is 0 Å². The van der Waals surface area contributed by atoms with Crippen LogP contribution in [0.15, 0.2) is 115 Å². The van der Waals surface area contributed by atoms with Crippen molar-refractivity contribution in [2.24, 2.45) is 0 Å². The van der Waals surface area contributed by atoms with Crippen molar-refractivity contribution in [1.82, 2.24) is 5.48 Å². The van der Waals surface area contributed by atoms with Gasteiger partial charge in [-0.05, 0) is 104 Å². The summed E-state index contributed by atoms with van der Waals surface area (Å²) in [6.45, 7) is 13.8. The van der Waals surface area contributed by atoms with Gasteiger partial charge in [0.1, 0.15) is 11.9 Å². The number of hydrogen-bond donors (Lipinski definition) is 3. The molecule has 0 heterocycles. The number of rotatable bonds is 11. The number of hydrogen-bond acceptors (Lipinski definition) is 6. The zero-order chi connectivity index (χ0) is 42.4. The highest BCUT2D eigenvalue weighted by Crippen LogP contribution is 2.14. The Kier molecular flexibility index (Phi) is 31.3. The summed E-state index contributed by atoms with van der Waals surface area (Å²) in [7, 11) is 0. The first-order valence-corrected chi connectivity index (χ1v) is 24.5. The van der Waals surface area contributed by atoms with E-state index in [1.54, 1.807) is 17.6 Å². The lowest BCUT2D eigenvalue weighted by atomic mass is 10.1. The molecule has 0 aliphatic rings. The van der Waals surface area contributed by atoms with E-state index in [-0.39, 0.29) is 13.4 Å². The fourth-order valence-corrected chi connectivity index (χ4v) is 4.88. The smallest absolute Gasteiger partial charge is 0.331 e. The highest BCUT2D eigenvalue weighted by atomic mass is 128. The average Bonchev–Trinajstić information content (AvgIpc) is 3.22. The van der Waals surface area contributed by atoms with Gasteiger partial charge < -0.3 is 9.84 Å². The molecular weight excluding hydrogens is 944 g/mol. The van der Waals surface area contributed by atoms with Gasteiger partial charge in [0.05, 0.1) is 0 Å². The molecule has 3 N–H and O–H groups in total. The van der Waals surface area contributed by atoms with Crippen LogP contribution in [0.4, 0.5) is 0 Å². The molecule has 308 valence electrons. The van der Waals surface area contributed by atoms with E-state index < -0.39 is 17.5 Å². The summed E-state index contributed by atoms with van der Waals surface area (Å²) in [6, 6.07) is 31.3. The van der Waals surface area contributed by atoms with Crippen LogP contribution in [-0.2, 0) is 44.8 Å².